The molecule has 32 heavy (non-hydrogen) atoms. The van der Waals surface area contributed by atoms with E-state index < -0.39 is 17.6 Å². The summed E-state index contributed by atoms with van der Waals surface area (Å²) in [5, 5.41) is 6.28. The molecule has 0 aliphatic rings. The number of carbonyl (C=O) groups is 2. The zero-order valence-corrected chi connectivity index (χ0v) is 17.4. The lowest BCUT2D eigenvalue weighted by Gasteiger charge is -2.11. The number of carbonyl (C=O) groups excluding carboxylic acids is 2. The lowest BCUT2D eigenvalue weighted by molar-refractivity contribution is -0.117. The average molecular weight is 428 g/mol. The van der Waals surface area contributed by atoms with Gasteiger partial charge in [-0.15, -0.1) is 0 Å². The van der Waals surface area contributed by atoms with Crippen LogP contribution in [0.2, 0.25) is 0 Å². The van der Waals surface area contributed by atoms with Crippen molar-refractivity contribution >= 4 is 28.8 Å². The second-order valence-electron chi connectivity index (χ2n) is 7.25. The minimum absolute atomic E-state index is 0.0125. The van der Waals surface area contributed by atoms with Gasteiger partial charge >= 0.3 is 0 Å². The third-order valence-corrected chi connectivity index (χ3v) is 5.01. The number of fused-ring (bicyclic) bond motifs is 1. The molecule has 0 saturated carbocycles. The molecule has 2 heterocycles. The Morgan fingerprint density at radius 1 is 1.06 bits per heavy atom. The van der Waals surface area contributed by atoms with Crippen molar-refractivity contribution in [3.63, 3.8) is 0 Å². The third-order valence-electron chi connectivity index (χ3n) is 5.01. The number of nitrogens with zero attached hydrogens (tertiary/aromatic N) is 2. The number of hydrogen-bond acceptors (Lipinski definition) is 3. The maximum absolute atomic E-state index is 14.1. The second-order valence-corrected chi connectivity index (χ2v) is 7.25. The molecule has 0 aliphatic heterocycles. The first-order valence-corrected chi connectivity index (χ1v) is 10.0. The maximum atomic E-state index is 14.1. The second kappa shape index (κ2) is 9.26. The predicted molar refractivity (Wildman–Crippen MR) is 121 cm³/mol. The third kappa shape index (κ3) is 4.57. The van der Waals surface area contributed by atoms with E-state index in [-0.39, 0.29) is 17.8 Å². The number of amides is 2. The summed E-state index contributed by atoms with van der Waals surface area (Å²) in [6, 6.07) is 17.0. The van der Waals surface area contributed by atoms with Crippen LogP contribution in [0, 0.1) is 5.82 Å². The smallest absolute Gasteiger partial charge is 0.268 e. The topological polar surface area (TPSA) is 76.0 Å². The molecule has 2 aromatic carbocycles. The van der Waals surface area contributed by atoms with Crippen LogP contribution in [0.25, 0.3) is 17.0 Å². The lowest BCUT2D eigenvalue weighted by atomic mass is 10.1. The Morgan fingerprint density at radius 3 is 2.62 bits per heavy atom. The van der Waals surface area contributed by atoms with E-state index >= 15 is 0 Å². The Hall–Kier alpha value is -4.26. The van der Waals surface area contributed by atoms with Gasteiger partial charge in [0, 0.05) is 48.6 Å². The first-order valence-electron chi connectivity index (χ1n) is 10.0. The number of rotatable bonds is 6. The maximum Gasteiger partial charge on any atom is 0.268 e. The SMILES string of the molecule is Cn1cc(C=C(NC(=O)c2ccccc2F)C(=O)NCc2cccnc2)c2ccccc21. The molecule has 7 heteroatoms. The summed E-state index contributed by atoms with van der Waals surface area (Å²) < 4.78 is 16.0. The van der Waals surface area contributed by atoms with E-state index in [1.165, 1.54) is 18.2 Å². The van der Waals surface area contributed by atoms with Gasteiger partial charge in [0.1, 0.15) is 11.5 Å². The van der Waals surface area contributed by atoms with Gasteiger partial charge in [-0.2, -0.15) is 0 Å². The molecule has 2 amide bonds. The normalized spacial score (nSPS) is 11.4. The van der Waals surface area contributed by atoms with E-state index in [0.717, 1.165) is 22.0 Å². The Balaban J connectivity index is 1.67. The van der Waals surface area contributed by atoms with Crippen LogP contribution in [0.5, 0.6) is 0 Å². The molecular formula is C25H21FN4O2. The summed E-state index contributed by atoms with van der Waals surface area (Å²) >= 11 is 0. The Labute approximate surface area is 184 Å². The van der Waals surface area contributed by atoms with Crippen molar-refractivity contribution < 1.29 is 14.0 Å². The molecule has 4 rings (SSSR count). The minimum Gasteiger partial charge on any atom is -0.350 e. The zero-order valence-electron chi connectivity index (χ0n) is 17.4. The van der Waals surface area contributed by atoms with Crippen molar-refractivity contribution in [1.29, 1.82) is 0 Å². The summed E-state index contributed by atoms with van der Waals surface area (Å²) in [6.45, 7) is 0.231. The van der Waals surface area contributed by atoms with Crippen molar-refractivity contribution in [3.05, 3.63) is 107 Å². The first-order chi connectivity index (χ1) is 15.5. The number of aromatic nitrogens is 2. The van der Waals surface area contributed by atoms with E-state index in [9.17, 15) is 14.0 Å². The van der Waals surface area contributed by atoms with Crippen LogP contribution in [0.3, 0.4) is 0 Å². The molecule has 6 nitrogen and oxygen atoms in total. The van der Waals surface area contributed by atoms with Crippen LogP contribution in [-0.2, 0) is 18.4 Å². The van der Waals surface area contributed by atoms with E-state index in [0.29, 0.717) is 0 Å². The number of hydrogen-bond donors (Lipinski definition) is 2. The standard InChI is InChI=1S/C25H21FN4O2/c1-30-16-18(19-8-3-5-11-23(19)30)13-22(25(32)28-15-17-7-6-12-27-14-17)29-24(31)20-9-2-4-10-21(20)26/h2-14,16H,15H2,1H3,(H,28,32)(H,29,31). The van der Waals surface area contributed by atoms with Crippen molar-refractivity contribution in [1.82, 2.24) is 20.2 Å². The molecule has 0 bridgehead atoms. The van der Waals surface area contributed by atoms with Crippen LogP contribution in [-0.4, -0.2) is 21.4 Å². The molecule has 0 fully saturated rings. The molecular weight excluding hydrogens is 407 g/mol. The molecule has 0 radical (unpaired) electrons. The van der Waals surface area contributed by atoms with Gasteiger partial charge in [-0.3, -0.25) is 14.6 Å². The predicted octanol–water partition coefficient (Wildman–Crippen LogP) is 3.80. The van der Waals surface area contributed by atoms with Gasteiger partial charge in [-0.05, 0) is 35.9 Å². The van der Waals surface area contributed by atoms with Crippen molar-refractivity contribution in [3.8, 4) is 0 Å². The van der Waals surface area contributed by atoms with Gasteiger partial charge in [-0.25, -0.2) is 4.39 Å². The number of pyridine rings is 1. The summed E-state index contributed by atoms with van der Waals surface area (Å²) in [4.78, 5) is 29.8. The molecule has 2 N–H and O–H groups in total. The molecule has 2 aromatic heterocycles. The van der Waals surface area contributed by atoms with E-state index in [1.54, 1.807) is 30.6 Å². The Bertz CT molecular complexity index is 1310. The summed E-state index contributed by atoms with van der Waals surface area (Å²) in [6.07, 6.45) is 6.76. The van der Waals surface area contributed by atoms with Gasteiger partial charge in [0.15, 0.2) is 0 Å². The monoisotopic (exact) mass is 428 g/mol. The molecule has 0 saturated heterocycles. The lowest BCUT2D eigenvalue weighted by Crippen LogP contribution is -2.35. The molecule has 0 spiro atoms. The zero-order chi connectivity index (χ0) is 22.5. The number of aryl methyl sites for hydroxylation is 1. The van der Waals surface area contributed by atoms with E-state index in [1.807, 2.05) is 48.1 Å². The summed E-state index contributed by atoms with van der Waals surface area (Å²) in [5.74, 6) is -1.86. The number of nitrogens with one attached hydrogen (secondary N) is 2. The highest BCUT2D eigenvalue weighted by Crippen LogP contribution is 2.22. The van der Waals surface area contributed by atoms with Crippen LogP contribution < -0.4 is 10.6 Å². The fraction of sp³-hybridized carbons (Fsp3) is 0.0800. The molecule has 0 atom stereocenters. The van der Waals surface area contributed by atoms with Crippen molar-refractivity contribution in [2.24, 2.45) is 7.05 Å². The van der Waals surface area contributed by atoms with Gasteiger partial charge in [0.05, 0.1) is 5.56 Å². The quantitative estimate of drug-likeness (QED) is 0.459. The van der Waals surface area contributed by atoms with Gasteiger partial charge in [0.2, 0.25) is 0 Å². The molecule has 160 valence electrons. The van der Waals surface area contributed by atoms with Crippen molar-refractivity contribution in [2.45, 2.75) is 6.54 Å². The fourth-order valence-electron chi connectivity index (χ4n) is 3.42. The molecule has 0 unspecified atom stereocenters. The molecule has 4 aromatic rings. The highest BCUT2D eigenvalue weighted by atomic mass is 19.1. The van der Waals surface area contributed by atoms with Crippen LogP contribution in [0.15, 0.2) is 85.0 Å². The number of para-hydroxylation sites is 1. The van der Waals surface area contributed by atoms with Crippen molar-refractivity contribution in [2.75, 3.05) is 0 Å². The minimum atomic E-state index is -0.703. The van der Waals surface area contributed by atoms with Gasteiger partial charge in [0.25, 0.3) is 11.8 Å². The average Bonchev–Trinajstić information content (AvgIpc) is 3.13. The van der Waals surface area contributed by atoms with E-state index in [2.05, 4.69) is 15.6 Å². The van der Waals surface area contributed by atoms with Crippen LogP contribution in [0.4, 0.5) is 4.39 Å². The highest BCUT2D eigenvalue weighted by Gasteiger charge is 2.18. The Kier molecular flexibility index (Phi) is 6.07. The summed E-state index contributed by atoms with van der Waals surface area (Å²) in [5.41, 5.74) is 2.42. The first kappa shape index (κ1) is 21.0. The van der Waals surface area contributed by atoms with Crippen LogP contribution >= 0.6 is 0 Å². The van der Waals surface area contributed by atoms with Gasteiger partial charge < -0.3 is 15.2 Å². The fourth-order valence-corrected chi connectivity index (χ4v) is 3.42. The largest absolute Gasteiger partial charge is 0.350 e. The van der Waals surface area contributed by atoms with Crippen LogP contribution in [0.1, 0.15) is 21.5 Å². The van der Waals surface area contributed by atoms with Gasteiger partial charge in [-0.1, -0.05) is 36.4 Å². The Morgan fingerprint density at radius 2 is 1.84 bits per heavy atom. The van der Waals surface area contributed by atoms with E-state index in [4.69, 9.17) is 0 Å². The highest BCUT2D eigenvalue weighted by molar-refractivity contribution is 6.06. The summed E-state index contributed by atoms with van der Waals surface area (Å²) in [7, 11) is 1.90. The molecule has 0 aliphatic carbocycles. The number of halogens is 1. The number of benzene rings is 2.